The number of ketones is 1. The fraction of sp³-hybridized carbons (Fsp3) is 0.294. The molecule has 3 nitrogen and oxygen atoms in total. The van der Waals surface area contributed by atoms with Crippen LogP contribution in [0.3, 0.4) is 0 Å². The van der Waals surface area contributed by atoms with E-state index in [-0.39, 0.29) is 31.6 Å². The van der Waals surface area contributed by atoms with Crippen molar-refractivity contribution in [3.8, 4) is 22.4 Å². The van der Waals surface area contributed by atoms with Gasteiger partial charge in [-0.1, -0.05) is 0 Å². The number of aliphatic hydroxyl groups excluding tert-OH is 1. The molecule has 0 atom stereocenters. The number of hydrogen-bond donors (Lipinski definition) is 1. The molecule has 0 fully saturated rings. The minimum atomic E-state index is -2.52. The van der Waals surface area contributed by atoms with Crippen LogP contribution >= 0.6 is 0 Å². The van der Waals surface area contributed by atoms with Crippen LogP contribution in [0.15, 0.2) is 72.6 Å². The van der Waals surface area contributed by atoms with Gasteiger partial charge in [-0.15, -0.1) is 0 Å². The molecule has 2 heterocycles. The maximum atomic E-state index is 10.0. The molecule has 0 bridgehead atoms. The van der Waals surface area contributed by atoms with Gasteiger partial charge in [0.2, 0.25) is 0 Å². The van der Waals surface area contributed by atoms with Crippen molar-refractivity contribution < 1.29 is 30.0 Å². The van der Waals surface area contributed by atoms with E-state index >= 15 is 0 Å². The minimum Gasteiger partial charge on any atom is 0 e. The average Bonchev–Trinajstić information content (AvgIpc) is 3.09. The average molecular weight is 788 g/mol. The van der Waals surface area contributed by atoms with E-state index in [1.807, 2.05) is 6.20 Å². The summed E-state index contributed by atoms with van der Waals surface area (Å²) in [6.07, 6.45) is 3.17. The first kappa shape index (κ1) is 32.2. The first-order valence-corrected chi connectivity index (χ1v) is 23.5. The number of aliphatic hydroxyl groups is 1. The number of nitrogens with zero attached hydrogens (tertiary/aromatic N) is 1. The third-order valence-electron chi connectivity index (χ3n) is 7.52. The van der Waals surface area contributed by atoms with E-state index in [2.05, 4.69) is 106 Å². The molecule has 0 saturated heterocycles. The molecule has 0 amide bonds. The summed E-state index contributed by atoms with van der Waals surface area (Å²) in [5.41, 5.74) is 6.55. The van der Waals surface area contributed by atoms with Crippen molar-refractivity contribution in [3.63, 3.8) is 0 Å². The summed E-state index contributed by atoms with van der Waals surface area (Å²) >= 11 is -2.52. The molecule has 1 radical (unpaired) electrons. The summed E-state index contributed by atoms with van der Waals surface area (Å²) in [4.78, 5) is 15.0. The summed E-state index contributed by atoms with van der Waals surface area (Å²) in [6, 6.07) is 24.4. The number of carbonyl (C=O) groups is 1. The Bertz CT molecular complexity index is 1600. The van der Waals surface area contributed by atoms with Crippen molar-refractivity contribution in [1.82, 2.24) is 4.98 Å². The van der Waals surface area contributed by atoms with Crippen molar-refractivity contribution in [2.75, 3.05) is 0 Å². The SMILES string of the molecule is CC(=O)/C=C(/C)O.CC(C)c1cc(-c2nccc3[c]2[Ge]([CH3])([CH3])[c]2cc([Si](C)(C)C)ccc2-3)[c-]c2ccccc12.[Ir]. The monoisotopic (exact) mass is 789 g/mol. The summed E-state index contributed by atoms with van der Waals surface area (Å²) in [5, 5.41) is 12.4. The summed E-state index contributed by atoms with van der Waals surface area (Å²) in [5.74, 6) is 5.49. The van der Waals surface area contributed by atoms with Gasteiger partial charge in [0, 0.05) is 26.2 Å². The number of hydrogen-bond acceptors (Lipinski definition) is 3. The van der Waals surface area contributed by atoms with Gasteiger partial charge < -0.3 is 5.11 Å². The zero-order chi connectivity index (χ0) is 28.7. The molecule has 1 aliphatic heterocycles. The van der Waals surface area contributed by atoms with E-state index < -0.39 is 21.3 Å². The number of fused-ring (bicyclic) bond motifs is 4. The number of benzene rings is 3. The molecule has 0 saturated carbocycles. The quantitative estimate of drug-likeness (QED) is 0.103. The van der Waals surface area contributed by atoms with Gasteiger partial charge in [0.15, 0.2) is 5.78 Å². The Morgan fingerprint density at radius 2 is 1.68 bits per heavy atom. The topological polar surface area (TPSA) is 50.2 Å². The molecule has 1 N–H and O–H groups in total. The van der Waals surface area contributed by atoms with Gasteiger partial charge in [-0.3, -0.25) is 4.79 Å². The standard InChI is InChI=1S/C29H32GeNSi.C5H8O2.Ir/c1-19(2)26-17-21(16-20-10-8-9-11-23(20)26)29-28-25(14-15-31-29)24-13-12-22(32(5,6)7)18-27(24)30(28,3)4;1-4(6)3-5(2)7;/h8-15,17-19H,1-7H3;3,6H,1-2H3;/q-1;;/b;4-3-;. The Balaban J connectivity index is 0.000000492. The van der Waals surface area contributed by atoms with Crippen LogP contribution in [0.2, 0.25) is 31.2 Å². The van der Waals surface area contributed by atoms with E-state index in [0.29, 0.717) is 5.92 Å². The Labute approximate surface area is 256 Å². The first-order chi connectivity index (χ1) is 18.2. The Hall–Kier alpha value is -2.31. The largest absolute Gasteiger partial charge is 0 e. The van der Waals surface area contributed by atoms with Crippen LogP contribution in [0, 0.1) is 6.07 Å². The normalized spacial score (nSPS) is 13.7. The summed E-state index contributed by atoms with van der Waals surface area (Å²) in [6.45, 7) is 14.7. The molecule has 0 spiro atoms. The fourth-order valence-electron chi connectivity index (χ4n) is 5.58. The van der Waals surface area contributed by atoms with Gasteiger partial charge >= 0.3 is 197 Å². The molecule has 1 aromatic heterocycles. The molecule has 1 aliphatic rings. The number of rotatable bonds is 4. The molecule has 3 aromatic carbocycles. The molecule has 40 heavy (non-hydrogen) atoms. The zero-order valence-electron chi connectivity index (χ0n) is 25.1. The molecule has 4 aromatic rings. The number of carbonyl (C=O) groups excluding carboxylic acids is 1. The smallest absolute Gasteiger partial charge is 0 e. The third-order valence-corrected chi connectivity index (χ3v) is 16.9. The number of pyridine rings is 1. The Morgan fingerprint density at radius 3 is 2.25 bits per heavy atom. The molecule has 0 unspecified atom stereocenters. The molecular weight excluding hydrogens is 747 g/mol. The van der Waals surface area contributed by atoms with Crippen LogP contribution in [0.4, 0.5) is 0 Å². The van der Waals surface area contributed by atoms with Crippen molar-refractivity contribution in [3.05, 3.63) is 84.3 Å². The van der Waals surface area contributed by atoms with Gasteiger partial charge in [-0.25, -0.2) is 0 Å². The van der Waals surface area contributed by atoms with E-state index in [4.69, 9.17) is 10.1 Å². The van der Waals surface area contributed by atoms with Crippen LogP contribution in [-0.4, -0.2) is 37.2 Å². The number of aromatic nitrogens is 1. The van der Waals surface area contributed by atoms with Gasteiger partial charge in [-0.05, 0) is 13.8 Å². The van der Waals surface area contributed by atoms with Gasteiger partial charge in [0.05, 0.1) is 5.76 Å². The van der Waals surface area contributed by atoms with E-state index in [1.54, 1.807) is 9.58 Å². The third kappa shape index (κ3) is 6.44. The Morgan fingerprint density at radius 1 is 1.00 bits per heavy atom. The first-order valence-electron chi connectivity index (χ1n) is 13.7. The second kappa shape index (κ2) is 12.3. The second-order valence-electron chi connectivity index (χ2n) is 12.5. The van der Waals surface area contributed by atoms with Crippen LogP contribution in [0.5, 0.6) is 0 Å². The minimum absolute atomic E-state index is 0. The second-order valence-corrected chi connectivity index (χ2v) is 26.5. The summed E-state index contributed by atoms with van der Waals surface area (Å²) < 4.78 is 3.15. The maximum Gasteiger partial charge on any atom is 0 e. The molecule has 6 heteroatoms. The maximum absolute atomic E-state index is 10.0. The van der Waals surface area contributed by atoms with Crippen LogP contribution in [-0.2, 0) is 24.9 Å². The Kier molecular flexibility index (Phi) is 9.89. The van der Waals surface area contributed by atoms with Crippen molar-refractivity contribution in [2.45, 2.75) is 64.8 Å². The molecular formula is C34H40GeIrNO2Si-. The van der Waals surface area contributed by atoms with Crippen molar-refractivity contribution >= 4 is 51.9 Å². The molecule has 0 aliphatic carbocycles. The fourth-order valence-corrected chi connectivity index (χ4v) is 14.1. The van der Waals surface area contributed by atoms with Gasteiger partial charge in [0.25, 0.3) is 0 Å². The van der Waals surface area contributed by atoms with Crippen LogP contribution in [0.1, 0.15) is 39.2 Å². The zero-order valence-corrected chi connectivity index (χ0v) is 30.6. The molecule has 211 valence electrons. The predicted molar refractivity (Wildman–Crippen MR) is 172 cm³/mol. The van der Waals surface area contributed by atoms with E-state index in [0.717, 1.165) is 11.3 Å². The van der Waals surface area contributed by atoms with E-state index in [1.165, 1.54) is 51.8 Å². The summed E-state index contributed by atoms with van der Waals surface area (Å²) in [7, 11) is -1.36. The van der Waals surface area contributed by atoms with E-state index in [9.17, 15) is 4.79 Å². The van der Waals surface area contributed by atoms with Crippen molar-refractivity contribution in [1.29, 1.82) is 0 Å². The van der Waals surface area contributed by atoms with Crippen molar-refractivity contribution in [2.24, 2.45) is 0 Å². The van der Waals surface area contributed by atoms with Gasteiger partial charge in [-0.2, -0.15) is 0 Å². The van der Waals surface area contributed by atoms with Crippen LogP contribution < -0.4 is 14.0 Å². The number of allylic oxidation sites excluding steroid dienone is 2. The molecule has 5 rings (SSSR count). The van der Waals surface area contributed by atoms with Crippen LogP contribution in [0.25, 0.3) is 33.2 Å². The predicted octanol–water partition coefficient (Wildman–Crippen LogP) is 7.21. The van der Waals surface area contributed by atoms with Gasteiger partial charge in [0.1, 0.15) is 0 Å².